The van der Waals surface area contributed by atoms with Crippen molar-refractivity contribution in [3.63, 3.8) is 0 Å². The Hall–Kier alpha value is -0.980. The predicted octanol–water partition coefficient (Wildman–Crippen LogP) is 0.865. The van der Waals surface area contributed by atoms with Gasteiger partial charge in [-0.15, -0.1) is 0 Å². The van der Waals surface area contributed by atoms with Crippen LogP contribution in [0.15, 0.2) is 23.4 Å². The van der Waals surface area contributed by atoms with E-state index in [0.717, 1.165) is 12.0 Å². The van der Waals surface area contributed by atoms with Crippen molar-refractivity contribution >= 4 is 10.0 Å². The molecular formula is C11H19N3O2S. The highest BCUT2D eigenvalue weighted by Crippen LogP contribution is 2.07. The molecule has 0 aliphatic rings. The number of pyridine rings is 1. The fourth-order valence-corrected chi connectivity index (χ4v) is 2.22. The molecule has 0 spiro atoms. The molecule has 5 nitrogen and oxygen atoms in total. The molecule has 0 saturated heterocycles. The number of aromatic nitrogens is 1. The van der Waals surface area contributed by atoms with E-state index in [1.807, 2.05) is 13.8 Å². The van der Waals surface area contributed by atoms with Gasteiger partial charge in [0.2, 0.25) is 0 Å². The van der Waals surface area contributed by atoms with Crippen molar-refractivity contribution in [3.05, 3.63) is 23.9 Å². The minimum absolute atomic E-state index is 0.0402. The second-order valence-corrected chi connectivity index (χ2v) is 6.00. The second-order valence-electron chi connectivity index (χ2n) is 4.29. The molecule has 0 aliphatic heterocycles. The molecule has 0 aromatic carbocycles. The maximum atomic E-state index is 11.8. The molecule has 1 aromatic heterocycles. The van der Waals surface area contributed by atoms with Gasteiger partial charge >= 0.3 is 0 Å². The highest BCUT2D eigenvalue weighted by atomic mass is 32.2. The lowest BCUT2D eigenvalue weighted by molar-refractivity contribution is 0.549. The van der Waals surface area contributed by atoms with Crippen LogP contribution in [-0.4, -0.2) is 19.9 Å². The van der Waals surface area contributed by atoms with E-state index in [1.165, 1.54) is 12.3 Å². The lowest BCUT2D eigenvalue weighted by Gasteiger charge is -2.07. The van der Waals surface area contributed by atoms with Gasteiger partial charge in [0.25, 0.3) is 10.0 Å². The van der Waals surface area contributed by atoms with Crippen LogP contribution >= 0.6 is 0 Å². The van der Waals surface area contributed by atoms with E-state index in [2.05, 4.69) is 9.71 Å². The average Bonchev–Trinajstić information content (AvgIpc) is 2.28. The van der Waals surface area contributed by atoms with Crippen LogP contribution in [0.25, 0.3) is 0 Å². The Kier molecular flexibility index (Phi) is 5.04. The molecule has 0 amide bonds. The monoisotopic (exact) mass is 257 g/mol. The van der Waals surface area contributed by atoms with Gasteiger partial charge < -0.3 is 5.73 Å². The van der Waals surface area contributed by atoms with Gasteiger partial charge in [0.05, 0.1) is 0 Å². The fraction of sp³-hybridized carbons (Fsp3) is 0.545. The van der Waals surface area contributed by atoms with E-state index < -0.39 is 10.0 Å². The summed E-state index contributed by atoms with van der Waals surface area (Å²) in [4.78, 5) is 3.89. The number of hydrogen-bond donors (Lipinski definition) is 2. The van der Waals surface area contributed by atoms with Gasteiger partial charge in [0.15, 0.2) is 5.03 Å². The molecule has 0 bridgehead atoms. The Labute approximate surface area is 102 Å². The average molecular weight is 257 g/mol. The first-order chi connectivity index (χ1) is 7.95. The zero-order valence-electron chi connectivity index (χ0n) is 10.2. The molecule has 6 heteroatoms. The summed E-state index contributed by atoms with van der Waals surface area (Å²) < 4.78 is 26.1. The normalized spacial score (nSPS) is 12.0. The molecule has 1 rings (SSSR count). The fourth-order valence-electron chi connectivity index (χ4n) is 1.25. The Morgan fingerprint density at radius 1 is 1.41 bits per heavy atom. The Balaban J connectivity index is 2.68. The minimum Gasteiger partial charge on any atom is -0.326 e. The van der Waals surface area contributed by atoms with E-state index in [9.17, 15) is 8.42 Å². The molecule has 0 radical (unpaired) electrons. The molecular weight excluding hydrogens is 238 g/mol. The lowest BCUT2D eigenvalue weighted by Crippen LogP contribution is -2.26. The molecule has 1 heterocycles. The van der Waals surface area contributed by atoms with Crippen molar-refractivity contribution in [1.82, 2.24) is 9.71 Å². The summed E-state index contributed by atoms with van der Waals surface area (Å²) in [5.74, 6) is 0.463. The number of nitrogens with zero attached hydrogens (tertiary/aromatic N) is 1. The summed E-state index contributed by atoms with van der Waals surface area (Å²) in [6.45, 7) is 4.87. The molecule has 1 aromatic rings. The molecule has 0 fully saturated rings. The molecule has 17 heavy (non-hydrogen) atoms. The third-order valence-electron chi connectivity index (χ3n) is 2.32. The standard InChI is InChI=1S/C11H19N3O2S/c1-9(2)5-6-14-17(15,16)11-4-3-10(7-12)8-13-11/h3-4,8-9,14H,5-7,12H2,1-2H3. The summed E-state index contributed by atoms with van der Waals surface area (Å²) in [7, 11) is -3.48. The van der Waals surface area contributed by atoms with Crippen LogP contribution in [0.3, 0.4) is 0 Å². The Morgan fingerprint density at radius 2 is 2.12 bits per heavy atom. The Morgan fingerprint density at radius 3 is 2.59 bits per heavy atom. The lowest BCUT2D eigenvalue weighted by atomic mass is 10.1. The van der Waals surface area contributed by atoms with E-state index >= 15 is 0 Å². The molecule has 0 saturated carbocycles. The first-order valence-corrected chi connectivity index (χ1v) is 7.08. The molecule has 0 aliphatic carbocycles. The molecule has 0 atom stereocenters. The van der Waals surface area contributed by atoms with Crippen LogP contribution in [0, 0.1) is 5.92 Å². The summed E-state index contributed by atoms with van der Waals surface area (Å²) in [6.07, 6.45) is 2.29. The van der Waals surface area contributed by atoms with Gasteiger partial charge in [-0.05, 0) is 24.0 Å². The summed E-state index contributed by atoms with van der Waals surface area (Å²) in [5.41, 5.74) is 6.23. The van der Waals surface area contributed by atoms with Crippen molar-refractivity contribution in [2.24, 2.45) is 11.7 Å². The maximum Gasteiger partial charge on any atom is 0.258 e. The molecule has 3 N–H and O–H groups in total. The quantitative estimate of drug-likeness (QED) is 0.791. The number of sulfonamides is 1. The van der Waals surface area contributed by atoms with Crippen LogP contribution < -0.4 is 10.5 Å². The predicted molar refractivity (Wildman–Crippen MR) is 66.8 cm³/mol. The zero-order valence-corrected chi connectivity index (χ0v) is 11.0. The van der Waals surface area contributed by atoms with Crippen molar-refractivity contribution in [2.45, 2.75) is 31.8 Å². The van der Waals surface area contributed by atoms with Crippen molar-refractivity contribution < 1.29 is 8.42 Å². The van der Waals surface area contributed by atoms with Crippen LogP contribution in [0.1, 0.15) is 25.8 Å². The summed E-state index contributed by atoms with van der Waals surface area (Å²) >= 11 is 0. The first-order valence-electron chi connectivity index (χ1n) is 5.60. The van der Waals surface area contributed by atoms with Crippen molar-refractivity contribution in [2.75, 3.05) is 6.54 Å². The van der Waals surface area contributed by atoms with E-state index in [0.29, 0.717) is 19.0 Å². The smallest absolute Gasteiger partial charge is 0.258 e. The third-order valence-corrected chi connectivity index (χ3v) is 3.70. The first kappa shape index (κ1) is 14.1. The highest BCUT2D eigenvalue weighted by Gasteiger charge is 2.14. The number of nitrogens with two attached hydrogens (primary N) is 1. The largest absolute Gasteiger partial charge is 0.326 e. The van der Waals surface area contributed by atoms with Gasteiger partial charge in [-0.25, -0.2) is 18.1 Å². The van der Waals surface area contributed by atoms with Crippen molar-refractivity contribution in [3.8, 4) is 0 Å². The summed E-state index contributed by atoms with van der Waals surface area (Å²) in [6, 6.07) is 3.14. The van der Waals surface area contributed by atoms with Gasteiger partial charge in [-0.1, -0.05) is 19.9 Å². The van der Waals surface area contributed by atoms with Gasteiger partial charge in [0, 0.05) is 19.3 Å². The van der Waals surface area contributed by atoms with Crippen molar-refractivity contribution in [1.29, 1.82) is 0 Å². The van der Waals surface area contributed by atoms with E-state index in [1.54, 1.807) is 6.07 Å². The maximum absolute atomic E-state index is 11.8. The second kappa shape index (κ2) is 6.09. The zero-order chi connectivity index (χ0) is 12.9. The van der Waals surface area contributed by atoms with E-state index in [4.69, 9.17) is 5.73 Å². The SMILES string of the molecule is CC(C)CCNS(=O)(=O)c1ccc(CN)cn1. The minimum atomic E-state index is -3.48. The van der Waals surface area contributed by atoms with Gasteiger partial charge in [0.1, 0.15) is 0 Å². The number of rotatable bonds is 6. The van der Waals surface area contributed by atoms with Gasteiger partial charge in [-0.3, -0.25) is 0 Å². The molecule has 96 valence electrons. The number of hydrogen-bond acceptors (Lipinski definition) is 4. The third kappa shape index (κ3) is 4.41. The highest BCUT2D eigenvalue weighted by molar-refractivity contribution is 7.89. The Bertz CT molecular complexity index is 440. The summed E-state index contributed by atoms with van der Waals surface area (Å²) in [5, 5.41) is 0.0402. The van der Waals surface area contributed by atoms with E-state index in [-0.39, 0.29) is 5.03 Å². The topological polar surface area (TPSA) is 85.1 Å². The molecule has 0 unspecified atom stereocenters. The van der Waals surface area contributed by atoms with Crippen LogP contribution in [-0.2, 0) is 16.6 Å². The van der Waals surface area contributed by atoms with Crippen LogP contribution in [0.2, 0.25) is 0 Å². The van der Waals surface area contributed by atoms with Gasteiger partial charge in [-0.2, -0.15) is 0 Å². The van der Waals surface area contributed by atoms with Crippen LogP contribution in [0.5, 0.6) is 0 Å². The number of nitrogens with one attached hydrogen (secondary N) is 1. The van der Waals surface area contributed by atoms with Crippen LogP contribution in [0.4, 0.5) is 0 Å².